The van der Waals surface area contributed by atoms with Crippen LogP contribution in [0.15, 0.2) is 35.8 Å². The smallest absolute Gasteiger partial charge is 0.0799 e. The molecule has 2 rings (SSSR count). The first kappa shape index (κ1) is 11.3. The van der Waals surface area contributed by atoms with Crippen LogP contribution in [-0.2, 0) is 7.05 Å². The number of nitrogens with zero attached hydrogens (tertiary/aromatic N) is 1. The summed E-state index contributed by atoms with van der Waals surface area (Å²) >= 11 is 1.70. The fraction of sp³-hybridized carbons (Fsp3) is 0.200. The van der Waals surface area contributed by atoms with Crippen molar-refractivity contribution in [3.63, 3.8) is 0 Å². The molecule has 0 unspecified atom stereocenters. The standard InChI is InChI=1S/C10H12N2S.ClH/c1-12-6-2-4-8(12)10(11)9-5-3-7-13-9;/h2-7,10H,11H2,1H3;1H/t10-;/m1./s1. The number of aromatic nitrogens is 1. The lowest BCUT2D eigenvalue weighted by Gasteiger charge is -2.10. The third kappa shape index (κ3) is 2.00. The maximum Gasteiger partial charge on any atom is 0.0799 e. The second-order valence-electron chi connectivity index (χ2n) is 3.04. The van der Waals surface area contributed by atoms with Crippen molar-refractivity contribution in [1.29, 1.82) is 0 Å². The van der Waals surface area contributed by atoms with E-state index in [0.29, 0.717) is 0 Å². The highest BCUT2D eigenvalue weighted by Crippen LogP contribution is 2.23. The van der Waals surface area contributed by atoms with Gasteiger partial charge in [0.25, 0.3) is 0 Å². The van der Waals surface area contributed by atoms with E-state index in [1.165, 1.54) is 4.88 Å². The van der Waals surface area contributed by atoms with Gasteiger partial charge in [0.15, 0.2) is 0 Å². The van der Waals surface area contributed by atoms with Crippen LogP contribution >= 0.6 is 23.7 Å². The Morgan fingerprint density at radius 1 is 1.36 bits per heavy atom. The molecule has 76 valence electrons. The summed E-state index contributed by atoms with van der Waals surface area (Å²) in [4.78, 5) is 1.21. The molecule has 0 saturated carbocycles. The zero-order valence-electron chi connectivity index (χ0n) is 7.88. The summed E-state index contributed by atoms with van der Waals surface area (Å²) in [6.45, 7) is 0. The molecule has 2 N–H and O–H groups in total. The van der Waals surface area contributed by atoms with Crippen LogP contribution in [0.5, 0.6) is 0 Å². The molecule has 0 aliphatic heterocycles. The van der Waals surface area contributed by atoms with Crippen LogP contribution in [0.2, 0.25) is 0 Å². The molecule has 2 heterocycles. The molecule has 2 aromatic rings. The Bertz CT molecular complexity index is 380. The van der Waals surface area contributed by atoms with Crippen LogP contribution in [0.3, 0.4) is 0 Å². The predicted molar refractivity (Wildman–Crippen MR) is 63.0 cm³/mol. The molecule has 2 nitrogen and oxygen atoms in total. The normalized spacial score (nSPS) is 12.1. The van der Waals surface area contributed by atoms with Crippen LogP contribution < -0.4 is 5.73 Å². The van der Waals surface area contributed by atoms with Crippen molar-refractivity contribution in [3.8, 4) is 0 Å². The largest absolute Gasteiger partial charge is 0.353 e. The molecule has 0 radical (unpaired) electrons. The second kappa shape index (κ2) is 4.64. The molecule has 2 aromatic heterocycles. The van der Waals surface area contributed by atoms with Gasteiger partial charge in [-0.25, -0.2) is 0 Å². The highest BCUT2D eigenvalue weighted by Gasteiger charge is 2.11. The first-order valence-electron chi connectivity index (χ1n) is 4.19. The van der Waals surface area contributed by atoms with Gasteiger partial charge in [-0.05, 0) is 23.6 Å². The SMILES string of the molecule is Cl.Cn1cccc1[C@@H](N)c1cccs1. The lowest BCUT2D eigenvalue weighted by Crippen LogP contribution is -2.13. The minimum absolute atomic E-state index is 0. The number of halogens is 1. The minimum Gasteiger partial charge on any atom is -0.353 e. The first-order valence-corrected chi connectivity index (χ1v) is 5.07. The Morgan fingerprint density at radius 3 is 2.64 bits per heavy atom. The third-order valence-electron chi connectivity index (χ3n) is 2.15. The average Bonchev–Trinajstić information content (AvgIpc) is 2.72. The molecule has 0 fully saturated rings. The van der Waals surface area contributed by atoms with Crippen LogP contribution in [-0.4, -0.2) is 4.57 Å². The van der Waals surface area contributed by atoms with Gasteiger partial charge >= 0.3 is 0 Å². The summed E-state index contributed by atoms with van der Waals surface area (Å²) in [6, 6.07) is 8.19. The van der Waals surface area contributed by atoms with E-state index in [9.17, 15) is 0 Å². The summed E-state index contributed by atoms with van der Waals surface area (Å²) in [6.07, 6.45) is 2.02. The van der Waals surface area contributed by atoms with Crippen molar-refractivity contribution in [1.82, 2.24) is 4.57 Å². The lowest BCUT2D eigenvalue weighted by atomic mass is 10.2. The Morgan fingerprint density at radius 2 is 2.14 bits per heavy atom. The van der Waals surface area contributed by atoms with Crippen molar-refractivity contribution in [2.45, 2.75) is 6.04 Å². The number of rotatable bonds is 2. The Balaban J connectivity index is 0.000000980. The summed E-state index contributed by atoms with van der Waals surface area (Å²) in [5.41, 5.74) is 7.25. The highest BCUT2D eigenvalue weighted by atomic mass is 35.5. The van der Waals surface area contributed by atoms with E-state index in [1.807, 2.05) is 25.4 Å². The van der Waals surface area contributed by atoms with Crippen LogP contribution in [0.1, 0.15) is 16.6 Å². The zero-order valence-corrected chi connectivity index (χ0v) is 9.52. The van der Waals surface area contributed by atoms with Crippen molar-refractivity contribution >= 4 is 23.7 Å². The van der Waals surface area contributed by atoms with Gasteiger partial charge in [0.1, 0.15) is 0 Å². The van der Waals surface area contributed by atoms with Crippen molar-refractivity contribution in [3.05, 3.63) is 46.4 Å². The maximum absolute atomic E-state index is 6.10. The Kier molecular flexibility index (Phi) is 3.75. The van der Waals surface area contributed by atoms with Gasteiger partial charge in [-0.3, -0.25) is 0 Å². The molecular weight excluding hydrogens is 216 g/mol. The van der Waals surface area contributed by atoms with E-state index >= 15 is 0 Å². The topological polar surface area (TPSA) is 30.9 Å². The van der Waals surface area contributed by atoms with E-state index in [2.05, 4.69) is 22.1 Å². The predicted octanol–water partition coefficient (Wildman–Crippen LogP) is 2.56. The molecule has 0 aromatic carbocycles. The van der Waals surface area contributed by atoms with Gasteiger partial charge in [-0.2, -0.15) is 0 Å². The van der Waals surface area contributed by atoms with Gasteiger partial charge in [0.05, 0.1) is 6.04 Å². The van der Waals surface area contributed by atoms with E-state index in [1.54, 1.807) is 11.3 Å². The quantitative estimate of drug-likeness (QED) is 0.842. The average molecular weight is 229 g/mol. The molecule has 0 saturated heterocycles. The maximum atomic E-state index is 6.10. The molecule has 0 aliphatic rings. The lowest BCUT2D eigenvalue weighted by molar-refractivity contribution is 0.756. The van der Waals surface area contributed by atoms with Crippen LogP contribution in [0.4, 0.5) is 0 Å². The van der Waals surface area contributed by atoms with E-state index in [0.717, 1.165) is 5.69 Å². The molecular formula is C10H13ClN2S. The van der Waals surface area contributed by atoms with Gasteiger partial charge < -0.3 is 10.3 Å². The van der Waals surface area contributed by atoms with Crippen LogP contribution in [0.25, 0.3) is 0 Å². The minimum atomic E-state index is 0. The van der Waals surface area contributed by atoms with Gasteiger partial charge in [-0.1, -0.05) is 6.07 Å². The number of aryl methyl sites for hydroxylation is 1. The number of nitrogens with two attached hydrogens (primary N) is 1. The van der Waals surface area contributed by atoms with E-state index < -0.39 is 0 Å². The van der Waals surface area contributed by atoms with E-state index in [4.69, 9.17) is 5.73 Å². The second-order valence-corrected chi connectivity index (χ2v) is 4.02. The molecule has 0 aliphatic carbocycles. The van der Waals surface area contributed by atoms with Crippen LogP contribution in [0, 0.1) is 0 Å². The van der Waals surface area contributed by atoms with Crippen molar-refractivity contribution < 1.29 is 0 Å². The zero-order chi connectivity index (χ0) is 9.26. The highest BCUT2D eigenvalue weighted by molar-refractivity contribution is 7.10. The molecule has 4 heteroatoms. The molecule has 14 heavy (non-hydrogen) atoms. The Labute approximate surface area is 93.8 Å². The summed E-state index contributed by atoms with van der Waals surface area (Å²) in [5.74, 6) is 0. The summed E-state index contributed by atoms with van der Waals surface area (Å²) in [7, 11) is 2.02. The first-order chi connectivity index (χ1) is 6.29. The Hall–Kier alpha value is -0.770. The number of hydrogen-bond donors (Lipinski definition) is 1. The van der Waals surface area contributed by atoms with Crippen molar-refractivity contribution in [2.24, 2.45) is 12.8 Å². The molecule has 0 amide bonds. The summed E-state index contributed by atoms with van der Waals surface area (Å²) in [5, 5.41) is 2.05. The molecule has 0 bridgehead atoms. The monoisotopic (exact) mass is 228 g/mol. The summed E-state index contributed by atoms with van der Waals surface area (Å²) < 4.78 is 2.06. The van der Waals surface area contributed by atoms with Crippen molar-refractivity contribution in [2.75, 3.05) is 0 Å². The third-order valence-corrected chi connectivity index (χ3v) is 3.11. The molecule has 0 spiro atoms. The number of thiophene rings is 1. The fourth-order valence-electron chi connectivity index (χ4n) is 1.41. The fourth-order valence-corrected chi connectivity index (χ4v) is 2.15. The molecule has 1 atom stereocenters. The van der Waals surface area contributed by atoms with Gasteiger partial charge in [0.2, 0.25) is 0 Å². The van der Waals surface area contributed by atoms with Gasteiger partial charge in [-0.15, -0.1) is 23.7 Å². The van der Waals surface area contributed by atoms with Gasteiger partial charge in [0, 0.05) is 23.8 Å². The van der Waals surface area contributed by atoms with E-state index in [-0.39, 0.29) is 18.4 Å². The number of hydrogen-bond acceptors (Lipinski definition) is 2.